The summed E-state index contributed by atoms with van der Waals surface area (Å²) in [7, 11) is 0. The zero-order valence-corrected chi connectivity index (χ0v) is 15.9. The van der Waals surface area contributed by atoms with E-state index in [-0.39, 0.29) is 5.91 Å². The number of carbonyl (C=O) groups excluding carboxylic acids is 1. The van der Waals surface area contributed by atoms with Gasteiger partial charge < -0.3 is 9.84 Å². The predicted octanol–water partition coefficient (Wildman–Crippen LogP) is 2.82. The van der Waals surface area contributed by atoms with E-state index in [0.29, 0.717) is 23.8 Å². The molecule has 4 rings (SSSR count). The van der Waals surface area contributed by atoms with E-state index in [1.807, 2.05) is 24.0 Å². The van der Waals surface area contributed by atoms with Gasteiger partial charge in [-0.3, -0.25) is 14.2 Å². The van der Waals surface area contributed by atoms with Crippen LogP contribution in [0.1, 0.15) is 53.3 Å². The first-order valence-corrected chi connectivity index (χ1v) is 9.37. The second kappa shape index (κ2) is 7.02. The van der Waals surface area contributed by atoms with E-state index >= 15 is 0 Å². The molecule has 0 radical (unpaired) electrons. The minimum absolute atomic E-state index is 0.247. The van der Waals surface area contributed by atoms with Gasteiger partial charge >= 0.3 is 0 Å². The fraction of sp³-hybridized carbons (Fsp3) is 0.474. The zero-order chi connectivity index (χ0) is 19.0. The summed E-state index contributed by atoms with van der Waals surface area (Å²) in [4.78, 5) is 12.6. The van der Waals surface area contributed by atoms with Gasteiger partial charge in [0.2, 0.25) is 0 Å². The molecule has 1 unspecified atom stereocenters. The largest absolute Gasteiger partial charge is 0.360 e. The third-order valence-electron chi connectivity index (χ3n) is 5.23. The van der Waals surface area contributed by atoms with Crippen molar-refractivity contribution in [2.24, 2.45) is 5.92 Å². The predicted molar refractivity (Wildman–Crippen MR) is 99.6 cm³/mol. The lowest BCUT2D eigenvalue weighted by molar-refractivity contribution is 0.101. The maximum atomic E-state index is 12.6. The number of nitrogens with one attached hydrogen (secondary N) is 1. The molecule has 3 heterocycles. The Morgan fingerprint density at radius 2 is 2.22 bits per heavy atom. The topological polar surface area (TPSA) is 90.8 Å². The van der Waals surface area contributed by atoms with Crippen molar-refractivity contribution in [3.8, 4) is 0 Å². The zero-order valence-electron chi connectivity index (χ0n) is 15.9. The number of anilines is 1. The molecule has 0 aliphatic heterocycles. The van der Waals surface area contributed by atoms with Crippen molar-refractivity contribution in [1.82, 2.24) is 24.7 Å². The first-order valence-electron chi connectivity index (χ1n) is 9.37. The lowest BCUT2D eigenvalue weighted by atomic mass is 9.88. The van der Waals surface area contributed by atoms with Gasteiger partial charge in [0.1, 0.15) is 5.76 Å². The van der Waals surface area contributed by atoms with Crippen LogP contribution in [0.3, 0.4) is 0 Å². The summed E-state index contributed by atoms with van der Waals surface area (Å²) < 4.78 is 9.11. The van der Waals surface area contributed by atoms with Crippen molar-refractivity contribution < 1.29 is 9.32 Å². The van der Waals surface area contributed by atoms with Crippen LogP contribution in [0, 0.1) is 12.8 Å². The number of amides is 1. The van der Waals surface area contributed by atoms with Gasteiger partial charge in [-0.1, -0.05) is 12.1 Å². The maximum Gasteiger partial charge on any atom is 0.278 e. The van der Waals surface area contributed by atoms with Gasteiger partial charge in [-0.2, -0.15) is 10.2 Å². The van der Waals surface area contributed by atoms with Crippen LogP contribution < -0.4 is 5.32 Å². The van der Waals surface area contributed by atoms with Crippen LogP contribution >= 0.6 is 0 Å². The van der Waals surface area contributed by atoms with Gasteiger partial charge in [0.15, 0.2) is 5.69 Å². The number of hydrogen-bond acceptors (Lipinski definition) is 5. The molecule has 0 spiro atoms. The average molecular weight is 368 g/mol. The van der Waals surface area contributed by atoms with E-state index in [2.05, 4.69) is 34.5 Å². The molecule has 0 saturated heterocycles. The highest BCUT2D eigenvalue weighted by Gasteiger charge is 2.27. The molecular weight excluding hydrogens is 344 g/mol. The van der Waals surface area contributed by atoms with Crippen LogP contribution in [0.25, 0.3) is 0 Å². The van der Waals surface area contributed by atoms with Crippen molar-refractivity contribution in [2.45, 2.75) is 53.1 Å². The summed E-state index contributed by atoms with van der Waals surface area (Å²) in [6.07, 6.45) is 8.08. The first-order chi connectivity index (χ1) is 13.0. The van der Waals surface area contributed by atoms with E-state index in [1.54, 1.807) is 10.9 Å². The fourth-order valence-corrected chi connectivity index (χ4v) is 3.60. The Labute approximate surface area is 157 Å². The molecule has 1 aliphatic rings. The summed E-state index contributed by atoms with van der Waals surface area (Å²) in [5, 5.41) is 15.6. The minimum Gasteiger partial charge on any atom is -0.360 e. The Morgan fingerprint density at radius 1 is 1.37 bits per heavy atom. The van der Waals surface area contributed by atoms with Crippen LogP contribution in [0.2, 0.25) is 0 Å². The van der Waals surface area contributed by atoms with Crippen molar-refractivity contribution in [3.63, 3.8) is 0 Å². The van der Waals surface area contributed by atoms with Crippen LogP contribution in [-0.2, 0) is 25.9 Å². The Kier molecular flexibility index (Phi) is 4.55. The molecule has 0 fully saturated rings. The van der Waals surface area contributed by atoms with E-state index in [1.165, 1.54) is 0 Å². The van der Waals surface area contributed by atoms with Crippen molar-refractivity contribution >= 4 is 11.6 Å². The van der Waals surface area contributed by atoms with Gasteiger partial charge in [0, 0.05) is 36.0 Å². The van der Waals surface area contributed by atoms with E-state index in [4.69, 9.17) is 4.52 Å². The van der Waals surface area contributed by atoms with E-state index < -0.39 is 0 Å². The highest BCUT2D eigenvalue weighted by molar-refractivity contribution is 6.03. The molecule has 1 amide bonds. The van der Waals surface area contributed by atoms with Gasteiger partial charge in [0.05, 0.1) is 24.6 Å². The number of carbonyl (C=O) groups is 1. The molecule has 1 aliphatic carbocycles. The van der Waals surface area contributed by atoms with Crippen LogP contribution in [0.4, 0.5) is 5.69 Å². The molecule has 3 aromatic heterocycles. The van der Waals surface area contributed by atoms with Gasteiger partial charge in [-0.05, 0) is 32.6 Å². The third kappa shape index (κ3) is 3.39. The standard InChI is InChI=1S/C19H24N6O2/c1-4-25-13(3)14(8-21-25)10-24-11-15(9-20-24)22-19(26)18-16-7-12(2)5-6-17(16)27-23-18/h8-9,11-12H,4-7,10H2,1-3H3,(H,22,26). The molecule has 27 heavy (non-hydrogen) atoms. The Balaban J connectivity index is 1.46. The average Bonchev–Trinajstić information content (AvgIpc) is 3.35. The Morgan fingerprint density at radius 3 is 3.00 bits per heavy atom. The molecule has 1 atom stereocenters. The first kappa shape index (κ1) is 17.5. The van der Waals surface area contributed by atoms with Crippen molar-refractivity contribution in [2.75, 3.05) is 5.32 Å². The highest BCUT2D eigenvalue weighted by atomic mass is 16.5. The number of fused-ring (bicyclic) bond motifs is 1. The number of aryl methyl sites for hydroxylation is 2. The normalized spacial score (nSPS) is 16.3. The maximum absolute atomic E-state index is 12.6. The smallest absolute Gasteiger partial charge is 0.278 e. The molecule has 8 heteroatoms. The summed E-state index contributed by atoms with van der Waals surface area (Å²) in [6, 6.07) is 0. The number of nitrogens with zero attached hydrogens (tertiary/aromatic N) is 5. The molecule has 142 valence electrons. The monoisotopic (exact) mass is 368 g/mol. The fourth-order valence-electron chi connectivity index (χ4n) is 3.60. The molecule has 1 N–H and O–H groups in total. The summed E-state index contributed by atoms with van der Waals surface area (Å²) in [5.74, 6) is 1.14. The number of aromatic nitrogens is 5. The number of rotatable bonds is 5. The second-order valence-electron chi connectivity index (χ2n) is 7.23. The minimum atomic E-state index is -0.247. The van der Waals surface area contributed by atoms with E-state index in [0.717, 1.165) is 48.4 Å². The Bertz CT molecular complexity index is 967. The molecule has 0 bridgehead atoms. The van der Waals surface area contributed by atoms with E-state index in [9.17, 15) is 4.79 Å². The molecule has 0 aromatic carbocycles. The summed E-state index contributed by atoms with van der Waals surface area (Å²) >= 11 is 0. The third-order valence-corrected chi connectivity index (χ3v) is 5.23. The van der Waals surface area contributed by atoms with Crippen molar-refractivity contribution in [1.29, 1.82) is 0 Å². The quantitative estimate of drug-likeness (QED) is 0.748. The lowest BCUT2D eigenvalue weighted by Gasteiger charge is -2.16. The van der Waals surface area contributed by atoms with Gasteiger partial charge in [0.25, 0.3) is 5.91 Å². The lowest BCUT2D eigenvalue weighted by Crippen LogP contribution is -2.17. The van der Waals surface area contributed by atoms with Crippen LogP contribution in [0.5, 0.6) is 0 Å². The molecular formula is C19H24N6O2. The van der Waals surface area contributed by atoms with Crippen LogP contribution in [-0.4, -0.2) is 30.6 Å². The molecule has 3 aromatic rings. The Hall–Kier alpha value is -2.90. The summed E-state index contributed by atoms with van der Waals surface area (Å²) in [6.45, 7) is 7.75. The SMILES string of the molecule is CCn1ncc(Cn2cc(NC(=O)c3noc4c3CC(C)CC4)cn2)c1C. The van der Waals surface area contributed by atoms with Crippen molar-refractivity contribution in [3.05, 3.63) is 46.9 Å². The van der Waals surface area contributed by atoms with Gasteiger partial charge in [-0.25, -0.2) is 0 Å². The second-order valence-corrected chi connectivity index (χ2v) is 7.23. The molecule has 0 saturated carbocycles. The molecule has 8 nitrogen and oxygen atoms in total. The van der Waals surface area contributed by atoms with Gasteiger partial charge in [-0.15, -0.1) is 0 Å². The summed E-state index contributed by atoms with van der Waals surface area (Å²) in [5.41, 5.74) is 4.21. The number of hydrogen-bond donors (Lipinski definition) is 1. The van der Waals surface area contributed by atoms with Crippen LogP contribution in [0.15, 0.2) is 23.1 Å². The highest BCUT2D eigenvalue weighted by Crippen LogP contribution is 2.28.